The van der Waals surface area contributed by atoms with E-state index in [1.165, 1.54) is 11.1 Å². The topological polar surface area (TPSA) is 58.6 Å². The monoisotopic (exact) mass is 358 g/mol. The van der Waals surface area contributed by atoms with Crippen molar-refractivity contribution in [1.29, 1.82) is 0 Å². The van der Waals surface area contributed by atoms with Gasteiger partial charge in [-0.2, -0.15) is 0 Å². The summed E-state index contributed by atoms with van der Waals surface area (Å²) in [6, 6.07) is 8.21. The molecule has 5 heteroatoms. The smallest absolute Gasteiger partial charge is 0.323 e. The van der Waals surface area contributed by atoms with E-state index in [9.17, 15) is 9.59 Å². The third-order valence-electron chi connectivity index (χ3n) is 5.37. The first-order valence-electron chi connectivity index (χ1n) is 9.85. The lowest BCUT2D eigenvalue weighted by atomic mass is 10.0. The van der Waals surface area contributed by atoms with Crippen LogP contribution in [0.15, 0.2) is 24.3 Å². The van der Waals surface area contributed by atoms with E-state index < -0.39 is 0 Å². The number of carbonyl (C=O) groups excluding carboxylic acids is 2. The number of nitrogens with one attached hydrogen (secondary N) is 1. The zero-order chi connectivity index (χ0) is 18.5. The number of piperidine rings is 1. The Balaban J connectivity index is 1.62. The van der Waals surface area contributed by atoms with Gasteiger partial charge in [-0.05, 0) is 57.6 Å². The summed E-state index contributed by atoms with van der Waals surface area (Å²) in [4.78, 5) is 26.9. The van der Waals surface area contributed by atoms with Gasteiger partial charge in [0, 0.05) is 0 Å². The summed E-state index contributed by atoms with van der Waals surface area (Å²) in [7, 11) is 0. The summed E-state index contributed by atoms with van der Waals surface area (Å²) < 4.78 is 5.19. The van der Waals surface area contributed by atoms with Gasteiger partial charge in [0.25, 0.3) is 0 Å². The maximum atomic E-state index is 12.7. The zero-order valence-corrected chi connectivity index (χ0v) is 15.9. The Labute approximate surface area is 156 Å². The average Bonchev–Trinajstić information content (AvgIpc) is 3.46. The van der Waals surface area contributed by atoms with Gasteiger partial charge in [0.1, 0.15) is 6.04 Å². The zero-order valence-electron chi connectivity index (χ0n) is 15.9. The van der Waals surface area contributed by atoms with E-state index in [1.54, 1.807) is 0 Å². The number of esters is 1. The fourth-order valence-corrected chi connectivity index (χ4v) is 3.77. The fraction of sp³-hybridized carbons (Fsp3) is 0.619. The lowest BCUT2D eigenvalue weighted by Crippen LogP contribution is -2.50. The minimum absolute atomic E-state index is 0.00123. The molecule has 1 aromatic rings. The molecule has 1 amide bonds. The predicted molar refractivity (Wildman–Crippen MR) is 101 cm³/mol. The van der Waals surface area contributed by atoms with E-state index in [1.807, 2.05) is 11.8 Å². The molecule has 1 saturated heterocycles. The number of amides is 1. The van der Waals surface area contributed by atoms with Crippen molar-refractivity contribution in [2.24, 2.45) is 5.92 Å². The molecule has 5 nitrogen and oxygen atoms in total. The molecule has 2 aliphatic rings. The lowest BCUT2D eigenvalue weighted by Gasteiger charge is -2.33. The molecule has 26 heavy (non-hydrogen) atoms. The average molecular weight is 358 g/mol. The maximum Gasteiger partial charge on any atom is 0.323 e. The molecule has 1 N–H and O–H groups in total. The number of benzene rings is 1. The second-order valence-corrected chi connectivity index (χ2v) is 7.53. The highest BCUT2D eigenvalue weighted by Gasteiger charge is 2.35. The fourth-order valence-electron chi connectivity index (χ4n) is 3.77. The van der Waals surface area contributed by atoms with Gasteiger partial charge in [0.2, 0.25) is 5.91 Å². The van der Waals surface area contributed by atoms with Crippen molar-refractivity contribution in [2.45, 2.75) is 58.0 Å². The molecule has 2 atom stereocenters. The van der Waals surface area contributed by atoms with Crippen molar-refractivity contribution in [3.8, 4) is 0 Å². The minimum atomic E-state index is -0.284. The molecule has 0 aromatic heterocycles. The van der Waals surface area contributed by atoms with Crippen molar-refractivity contribution in [3.63, 3.8) is 0 Å². The van der Waals surface area contributed by atoms with Crippen LogP contribution in [0.2, 0.25) is 0 Å². The third kappa shape index (κ3) is 4.85. The summed E-state index contributed by atoms with van der Waals surface area (Å²) in [5, 5.41) is 3.22. The predicted octanol–water partition coefficient (Wildman–Crippen LogP) is 2.98. The molecule has 1 aliphatic heterocycles. The first kappa shape index (κ1) is 18.9. The van der Waals surface area contributed by atoms with E-state index in [2.05, 4.69) is 36.5 Å². The first-order chi connectivity index (χ1) is 12.6. The van der Waals surface area contributed by atoms with Gasteiger partial charge < -0.3 is 10.1 Å². The van der Waals surface area contributed by atoms with Crippen LogP contribution in [0.25, 0.3) is 0 Å². The number of nitrogens with zero attached hydrogens (tertiary/aromatic N) is 1. The van der Waals surface area contributed by atoms with E-state index in [0.29, 0.717) is 12.5 Å². The molecule has 0 radical (unpaired) electrons. The number of rotatable bonds is 7. The van der Waals surface area contributed by atoms with Crippen LogP contribution < -0.4 is 5.32 Å². The molecule has 0 spiro atoms. The van der Waals surface area contributed by atoms with Crippen molar-refractivity contribution in [1.82, 2.24) is 10.2 Å². The van der Waals surface area contributed by atoms with E-state index >= 15 is 0 Å². The van der Waals surface area contributed by atoms with Crippen LogP contribution in [-0.4, -0.2) is 42.5 Å². The maximum absolute atomic E-state index is 12.7. The van der Waals surface area contributed by atoms with Gasteiger partial charge in [0.05, 0.1) is 19.2 Å². The Morgan fingerprint density at radius 2 is 1.92 bits per heavy atom. The van der Waals surface area contributed by atoms with E-state index in [-0.39, 0.29) is 30.5 Å². The van der Waals surface area contributed by atoms with Crippen LogP contribution in [0, 0.1) is 12.8 Å². The number of hydrogen-bond donors (Lipinski definition) is 1. The standard InChI is InChI=1S/C21H30N2O3/c1-3-26-21(25)18-6-4-5-13-23(18)14-19(24)22-20(17-11-12-17)16-9-7-15(2)8-10-16/h7-10,17-18,20H,3-6,11-14H2,1-2H3,(H,22,24)/t18-,20+/m0/s1. The van der Waals surface area contributed by atoms with Crippen molar-refractivity contribution >= 4 is 11.9 Å². The summed E-state index contributed by atoms with van der Waals surface area (Å²) in [5.41, 5.74) is 2.40. The van der Waals surface area contributed by atoms with Gasteiger partial charge in [-0.1, -0.05) is 36.2 Å². The largest absolute Gasteiger partial charge is 0.465 e. The summed E-state index contributed by atoms with van der Waals surface area (Å²) in [5.74, 6) is 0.333. The minimum Gasteiger partial charge on any atom is -0.465 e. The second kappa shape index (κ2) is 8.67. The Kier molecular flexibility index (Phi) is 6.30. The van der Waals surface area contributed by atoms with Crippen molar-refractivity contribution in [2.75, 3.05) is 19.7 Å². The van der Waals surface area contributed by atoms with Gasteiger partial charge in [-0.25, -0.2) is 0 Å². The molecular formula is C21H30N2O3. The number of likely N-dealkylation sites (tertiary alicyclic amines) is 1. The van der Waals surface area contributed by atoms with Crippen LogP contribution in [0.3, 0.4) is 0 Å². The molecule has 1 heterocycles. The summed E-state index contributed by atoms with van der Waals surface area (Å²) >= 11 is 0. The van der Waals surface area contributed by atoms with Crippen LogP contribution in [0.4, 0.5) is 0 Å². The van der Waals surface area contributed by atoms with Crippen LogP contribution in [-0.2, 0) is 14.3 Å². The molecule has 142 valence electrons. The highest BCUT2D eigenvalue weighted by Crippen LogP contribution is 2.41. The van der Waals surface area contributed by atoms with Crippen molar-refractivity contribution < 1.29 is 14.3 Å². The Morgan fingerprint density at radius 3 is 2.58 bits per heavy atom. The lowest BCUT2D eigenvalue weighted by molar-refractivity contribution is -0.151. The highest BCUT2D eigenvalue weighted by molar-refractivity contribution is 5.81. The Bertz CT molecular complexity index is 625. The molecule has 1 aromatic carbocycles. The second-order valence-electron chi connectivity index (χ2n) is 7.53. The molecule has 1 aliphatic carbocycles. The van der Waals surface area contributed by atoms with Gasteiger partial charge in [-0.15, -0.1) is 0 Å². The van der Waals surface area contributed by atoms with Gasteiger partial charge in [0.15, 0.2) is 0 Å². The third-order valence-corrected chi connectivity index (χ3v) is 5.37. The highest BCUT2D eigenvalue weighted by atomic mass is 16.5. The molecular weight excluding hydrogens is 328 g/mol. The SMILES string of the molecule is CCOC(=O)[C@@H]1CCCCN1CC(=O)N[C@H](c1ccc(C)cc1)C1CC1. The van der Waals surface area contributed by atoms with Crippen molar-refractivity contribution in [3.05, 3.63) is 35.4 Å². The molecule has 2 fully saturated rings. The Morgan fingerprint density at radius 1 is 1.19 bits per heavy atom. The molecule has 0 bridgehead atoms. The van der Waals surface area contributed by atoms with Crippen LogP contribution in [0.1, 0.15) is 56.2 Å². The molecule has 3 rings (SSSR count). The number of ether oxygens (including phenoxy) is 1. The molecule has 1 saturated carbocycles. The normalized spacial score (nSPS) is 21.8. The van der Waals surface area contributed by atoms with E-state index in [0.717, 1.165) is 38.6 Å². The number of hydrogen-bond acceptors (Lipinski definition) is 4. The van der Waals surface area contributed by atoms with E-state index in [4.69, 9.17) is 4.74 Å². The Hall–Kier alpha value is -1.88. The van der Waals surface area contributed by atoms with Crippen LogP contribution in [0.5, 0.6) is 0 Å². The summed E-state index contributed by atoms with van der Waals surface area (Å²) in [6.07, 6.45) is 5.13. The quantitative estimate of drug-likeness (QED) is 0.761. The number of carbonyl (C=O) groups is 2. The first-order valence-corrected chi connectivity index (χ1v) is 9.85. The van der Waals surface area contributed by atoms with Gasteiger partial charge in [-0.3, -0.25) is 14.5 Å². The van der Waals surface area contributed by atoms with Crippen LogP contribution >= 0.6 is 0 Å². The van der Waals surface area contributed by atoms with Gasteiger partial charge >= 0.3 is 5.97 Å². The summed E-state index contributed by atoms with van der Waals surface area (Å²) in [6.45, 7) is 5.31. The molecule has 0 unspecified atom stereocenters. The number of aryl methyl sites for hydroxylation is 1.